The number of urea groups is 1. The van der Waals surface area contributed by atoms with Crippen molar-refractivity contribution in [2.24, 2.45) is 5.92 Å². The van der Waals surface area contributed by atoms with Crippen LogP contribution in [0.15, 0.2) is 24.3 Å². The average Bonchev–Trinajstić information content (AvgIpc) is 2.91. The van der Waals surface area contributed by atoms with Crippen molar-refractivity contribution < 1.29 is 28.7 Å². The molecule has 9 nitrogen and oxygen atoms in total. The van der Waals surface area contributed by atoms with E-state index in [0.717, 1.165) is 4.90 Å². The molecule has 2 heterocycles. The molecule has 2 aliphatic heterocycles. The number of benzene rings is 1. The topological polar surface area (TPSA) is 114 Å². The van der Waals surface area contributed by atoms with E-state index in [4.69, 9.17) is 9.47 Å². The number of ether oxygens (including phenoxy) is 2. The van der Waals surface area contributed by atoms with Crippen LogP contribution in [-0.4, -0.2) is 54.5 Å². The summed E-state index contributed by atoms with van der Waals surface area (Å²) in [4.78, 5) is 50.3. The van der Waals surface area contributed by atoms with Gasteiger partial charge in [-0.1, -0.05) is 32.0 Å². The second-order valence-corrected chi connectivity index (χ2v) is 7.58. The average molecular weight is 403 g/mol. The van der Waals surface area contributed by atoms with Gasteiger partial charge in [-0.15, -0.1) is 0 Å². The number of hydrogen-bond acceptors (Lipinski definition) is 6. The molecule has 2 N–H and O–H groups in total. The first-order chi connectivity index (χ1) is 13.7. The van der Waals surface area contributed by atoms with Gasteiger partial charge in [0.05, 0.1) is 6.61 Å². The van der Waals surface area contributed by atoms with Gasteiger partial charge in [0, 0.05) is 18.0 Å². The Balaban J connectivity index is 1.63. The van der Waals surface area contributed by atoms with Crippen LogP contribution < -0.4 is 15.4 Å². The Morgan fingerprint density at radius 1 is 1.28 bits per heavy atom. The van der Waals surface area contributed by atoms with Crippen LogP contribution in [0.2, 0.25) is 0 Å². The van der Waals surface area contributed by atoms with Crippen molar-refractivity contribution in [3.05, 3.63) is 29.8 Å². The minimum absolute atomic E-state index is 0.0689. The quantitative estimate of drug-likeness (QED) is 0.539. The molecule has 0 bridgehead atoms. The summed E-state index contributed by atoms with van der Waals surface area (Å²) in [6, 6.07) is 6.22. The molecular formula is C20H25N3O6. The molecule has 1 spiro atoms. The Bertz CT molecular complexity index is 839. The van der Waals surface area contributed by atoms with Gasteiger partial charge in [-0.25, -0.2) is 4.79 Å². The summed E-state index contributed by atoms with van der Waals surface area (Å²) in [5.74, 6) is -1.05. The Morgan fingerprint density at radius 3 is 2.72 bits per heavy atom. The number of fused-ring (bicyclic) bond motifs is 2. The van der Waals surface area contributed by atoms with Crippen molar-refractivity contribution in [3.63, 3.8) is 0 Å². The number of para-hydroxylation sites is 1. The zero-order valence-corrected chi connectivity index (χ0v) is 16.7. The molecule has 4 amide bonds. The zero-order valence-electron chi connectivity index (χ0n) is 16.7. The molecule has 0 unspecified atom stereocenters. The second kappa shape index (κ2) is 8.10. The SMILES string of the molecule is CC(C)[C@@H](C)NC(=O)COC(=O)CN1C(=O)N[C@@]2(CCOc3ccccc32)C1=O. The van der Waals surface area contributed by atoms with Gasteiger partial charge in [-0.2, -0.15) is 0 Å². The lowest BCUT2D eigenvalue weighted by atomic mass is 9.84. The van der Waals surface area contributed by atoms with Gasteiger partial charge >= 0.3 is 12.0 Å². The van der Waals surface area contributed by atoms with E-state index < -0.39 is 42.5 Å². The van der Waals surface area contributed by atoms with E-state index in [-0.39, 0.29) is 25.0 Å². The monoisotopic (exact) mass is 403 g/mol. The number of carbonyl (C=O) groups is 4. The van der Waals surface area contributed by atoms with E-state index in [1.165, 1.54) is 0 Å². The fraction of sp³-hybridized carbons (Fsp3) is 0.500. The predicted molar refractivity (Wildman–Crippen MR) is 102 cm³/mol. The van der Waals surface area contributed by atoms with Gasteiger partial charge in [-0.05, 0) is 18.9 Å². The number of nitrogens with zero attached hydrogens (tertiary/aromatic N) is 1. The second-order valence-electron chi connectivity index (χ2n) is 7.58. The smallest absolute Gasteiger partial charge is 0.326 e. The molecule has 1 aromatic rings. The highest BCUT2D eigenvalue weighted by atomic mass is 16.5. The maximum atomic E-state index is 13.0. The molecule has 1 aromatic carbocycles. The van der Waals surface area contributed by atoms with E-state index in [0.29, 0.717) is 11.3 Å². The van der Waals surface area contributed by atoms with Gasteiger partial charge in [0.1, 0.15) is 12.3 Å². The lowest BCUT2D eigenvalue weighted by Gasteiger charge is -2.33. The summed E-state index contributed by atoms with van der Waals surface area (Å²) in [6.07, 6.45) is 0.260. The lowest BCUT2D eigenvalue weighted by molar-refractivity contribution is -0.151. The number of carbonyl (C=O) groups excluding carboxylic acids is 4. The fourth-order valence-electron chi connectivity index (χ4n) is 3.30. The van der Waals surface area contributed by atoms with Crippen molar-refractivity contribution in [1.82, 2.24) is 15.5 Å². The van der Waals surface area contributed by atoms with Crippen molar-refractivity contribution in [1.29, 1.82) is 0 Å². The fourth-order valence-corrected chi connectivity index (χ4v) is 3.30. The lowest BCUT2D eigenvalue weighted by Crippen LogP contribution is -2.47. The molecular weight excluding hydrogens is 378 g/mol. The summed E-state index contributed by atoms with van der Waals surface area (Å²) >= 11 is 0. The highest BCUT2D eigenvalue weighted by molar-refractivity contribution is 6.09. The Hall–Kier alpha value is -3.10. The molecule has 1 fully saturated rings. The minimum atomic E-state index is -1.25. The minimum Gasteiger partial charge on any atom is -0.493 e. The third-order valence-corrected chi connectivity index (χ3v) is 5.30. The van der Waals surface area contributed by atoms with E-state index in [1.807, 2.05) is 20.8 Å². The number of amides is 4. The summed E-state index contributed by atoms with van der Waals surface area (Å²) in [6.45, 7) is 4.99. The molecule has 0 radical (unpaired) electrons. The third kappa shape index (κ3) is 4.03. The van der Waals surface area contributed by atoms with Gasteiger partial charge in [0.25, 0.3) is 11.8 Å². The molecule has 29 heavy (non-hydrogen) atoms. The maximum Gasteiger partial charge on any atom is 0.326 e. The number of hydrogen-bond donors (Lipinski definition) is 2. The first-order valence-corrected chi connectivity index (χ1v) is 9.56. The summed E-state index contributed by atoms with van der Waals surface area (Å²) in [5, 5.41) is 5.42. The Labute approximate surface area is 168 Å². The summed E-state index contributed by atoms with van der Waals surface area (Å²) in [5.41, 5.74) is -0.696. The molecule has 9 heteroatoms. The van der Waals surface area contributed by atoms with E-state index in [2.05, 4.69) is 10.6 Å². The Morgan fingerprint density at radius 2 is 2.00 bits per heavy atom. The van der Waals surface area contributed by atoms with E-state index in [9.17, 15) is 19.2 Å². The van der Waals surface area contributed by atoms with Crippen molar-refractivity contribution in [2.75, 3.05) is 19.8 Å². The van der Waals surface area contributed by atoms with Crippen molar-refractivity contribution >= 4 is 23.8 Å². The van der Waals surface area contributed by atoms with E-state index >= 15 is 0 Å². The third-order valence-electron chi connectivity index (χ3n) is 5.30. The first-order valence-electron chi connectivity index (χ1n) is 9.56. The number of nitrogens with one attached hydrogen (secondary N) is 2. The van der Waals surface area contributed by atoms with Gasteiger partial charge < -0.3 is 20.1 Å². The zero-order chi connectivity index (χ0) is 21.2. The van der Waals surface area contributed by atoms with Crippen LogP contribution in [0.3, 0.4) is 0 Å². The van der Waals surface area contributed by atoms with E-state index in [1.54, 1.807) is 24.3 Å². The molecule has 1 saturated heterocycles. The number of esters is 1. The van der Waals surface area contributed by atoms with Gasteiger partial charge in [-0.3, -0.25) is 19.3 Å². The van der Waals surface area contributed by atoms with Crippen LogP contribution in [0.25, 0.3) is 0 Å². The van der Waals surface area contributed by atoms with Gasteiger partial charge in [0.15, 0.2) is 12.1 Å². The molecule has 0 aromatic heterocycles. The maximum absolute atomic E-state index is 13.0. The van der Waals surface area contributed by atoms with Crippen LogP contribution in [-0.2, 0) is 24.7 Å². The van der Waals surface area contributed by atoms with Crippen LogP contribution in [0.1, 0.15) is 32.8 Å². The van der Waals surface area contributed by atoms with Crippen LogP contribution >= 0.6 is 0 Å². The number of rotatable bonds is 6. The van der Waals surface area contributed by atoms with Crippen molar-refractivity contribution in [2.45, 2.75) is 38.8 Å². The van der Waals surface area contributed by atoms with Crippen LogP contribution in [0.4, 0.5) is 4.79 Å². The summed E-state index contributed by atoms with van der Waals surface area (Å²) < 4.78 is 10.5. The molecule has 2 atom stereocenters. The summed E-state index contributed by atoms with van der Waals surface area (Å²) in [7, 11) is 0. The largest absolute Gasteiger partial charge is 0.493 e. The normalized spacial score (nSPS) is 21.4. The van der Waals surface area contributed by atoms with Crippen molar-refractivity contribution in [3.8, 4) is 5.75 Å². The molecule has 2 aliphatic rings. The molecule has 156 valence electrons. The molecule has 0 aliphatic carbocycles. The predicted octanol–water partition coefficient (Wildman–Crippen LogP) is 0.920. The number of imide groups is 1. The van der Waals surface area contributed by atoms with Gasteiger partial charge in [0.2, 0.25) is 0 Å². The van der Waals surface area contributed by atoms with Crippen LogP contribution in [0, 0.1) is 5.92 Å². The first kappa shape index (κ1) is 20.6. The van der Waals surface area contributed by atoms with Crippen LogP contribution in [0.5, 0.6) is 5.75 Å². The Kier molecular flexibility index (Phi) is 5.76. The standard InChI is InChI=1S/C20H25N3O6/c1-12(2)13(3)21-16(24)11-29-17(25)10-23-18(26)20(22-19(23)27)8-9-28-15-7-5-4-6-14(15)20/h4-7,12-13H,8-11H2,1-3H3,(H,21,24)(H,22,27)/t13-,20-/m1/s1. The molecule has 0 saturated carbocycles. The highest BCUT2D eigenvalue weighted by Crippen LogP contribution is 2.40. The highest BCUT2D eigenvalue weighted by Gasteiger charge is 2.55. The molecule has 3 rings (SSSR count).